The number of nitrogens with zero attached hydrogens (tertiary/aromatic N) is 2. The van der Waals surface area contributed by atoms with Gasteiger partial charge in [0.2, 0.25) is 5.91 Å². The van der Waals surface area contributed by atoms with Crippen molar-refractivity contribution in [3.63, 3.8) is 0 Å². The van der Waals surface area contributed by atoms with Crippen LogP contribution in [0.4, 0.5) is 5.69 Å². The SMILES string of the molecule is CCNC(=NCc1ccc(N2CCCC2=O)cc1)NCCOc1ccc(OC)cc1. The number of ether oxygens (including phenoxy) is 2. The van der Waals surface area contributed by atoms with Crippen LogP contribution in [0.25, 0.3) is 0 Å². The Morgan fingerprint density at radius 2 is 1.80 bits per heavy atom. The summed E-state index contributed by atoms with van der Waals surface area (Å²) in [5.41, 5.74) is 2.06. The van der Waals surface area contributed by atoms with Crippen molar-refractivity contribution in [3.8, 4) is 11.5 Å². The maximum Gasteiger partial charge on any atom is 0.227 e. The van der Waals surface area contributed by atoms with Crippen LogP contribution in [0.1, 0.15) is 25.3 Å². The zero-order valence-corrected chi connectivity index (χ0v) is 17.7. The molecule has 160 valence electrons. The molecule has 2 aromatic rings. The number of hydrogen-bond acceptors (Lipinski definition) is 4. The van der Waals surface area contributed by atoms with E-state index in [9.17, 15) is 4.79 Å². The first-order chi connectivity index (χ1) is 14.7. The minimum Gasteiger partial charge on any atom is -0.497 e. The van der Waals surface area contributed by atoms with Gasteiger partial charge in [0, 0.05) is 25.2 Å². The number of carbonyl (C=O) groups is 1. The van der Waals surface area contributed by atoms with E-state index in [1.165, 1.54) is 0 Å². The monoisotopic (exact) mass is 410 g/mol. The Kier molecular flexibility index (Phi) is 7.94. The summed E-state index contributed by atoms with van der Waals surface area (Å²) < 4.78 is 10.9. The van der Waals surface area contributed by atoms with Gasteiger partial charge in [-0.15, -0.1) is 0 Å². The molecule has 0 radical (unpaired) electrons. The number of aliphatic imine (C=N–C) groups is 1. The molecule has 1 heterocycles. The molecule has 2 aromatic carbocycles. The highest BCUT2D eigenvalue weighted by Gasteiger charge is 2.21. The highest BCUT2D eigenvalue weighted by Crippen LogP contribution is 2.21. The van der Waals surface area contributed by atoms with Gasteiger partial charge >= 0.3 is 0 Å². The average Bonchev–Trinajstić information content (AvgIpc) is 3.21. The molecule has 0 atom stereocenters. The van der Waals surface area contributed by atoms with Gasteiger partial charge in [-0.05, 0) is 55.3 Å². The van der Waals surface area contributed by atoms with Crippen LogP contribution in [-0.4, -0.2) is 45.2 Å². The van der Waals surface area contributed by atoms with E-state index >= 15 is 0 Å². The Labute approximate surface area is 178 Å². The summed E-state index contributed by atoms with van der Waals surface area (Å²) in [4.78, 5) is 18.3. The first kappa shape index (κ1) is 21.5. The number of hydrogen-bond donors (Lipinski definition) is 2. The Morgan fingerprint density at radius 3 is 2.43 bits per heavy atom. The zero-order valence-electron chi connectivity index (χ0n) is 17.7. The molecule has 7 nitrogen and oxygen atoms in total. The van der Waals surface area contributed by atoms with Crippen molar-refractivity contribution in [1.29, 1.82) is 0 Å². The van der Waals surface area contributed by atoms with Gasteiger partial charge in [-0.1, -0.05) is 12.1 Å². The van der Waals surface area contributed by atoms with Crippen LogP contribution < -0.4 is 25.0 Å². The second kappa shape index (κ2) is 11.1. The molecule has 0 aromatic heterocycles. The highest BCUT2D eigenvalue weighted by molar-refractivity contribution is 5.95. The Hall–Kier alpha value is -3.22. The van der Waals surface area contributed by atoms with E-state index in [0.29, 0.717) is 26.1 Å². The normalized spacial score (nSPS) is 14.0. The van der Waals surface area contributed by atoms with E-state index in [-0.39, 0.29) is 5.91 Å². The lowest BCUT2D eigenvalue weighted by atomic mass is 10.2. The summed E-state index contributed by atoms with van der Waals surface area (Å²) in [5.74, 6) is 2.56. The van der Waals surface area contributed by atoms with Crippen LogP contribution in [0.2, 0.25) is 0 Å². The predicted octanol–water partition coefficient (Wildman–Crippen LogP) is 2.96. The molecule has 1 aliphatic heterocycles. The lowest BCUT2D eigenvalue weighted by molar-refractivity contribution is -0.117. The fraction of sp³-hybridized carbons (Fsp3) is 0.391. The van der Waals surface area contributed by atoms with Gasteiger partial charge in [0.1, 0.15) is 18.1 Å². The highest BCUT2D eigenvalue weighted by atomic mass is 16.5. The van der Waals surface area contributed by atoms with Gasteiger partial charge < -0.3 is 25.0 Å². The number of methoxy groups -OCH3 is 1. The molecule has 7 heteroatoms. The third-order valence-corrected chi connectivity index (χ3v) is 4.81. The van der Waals surface area contributed by atoms with E-state index in [1.807, 2.05) is 60.4 Å². The lowest BCUT2D eigenvalue weighted by Gasteiger charge is -2.16. The topological polar surface area (TPSA) is 75.2 Å². The van der Waals surface area contributed by atoms with Crippen molar-refractivity contribution < 1.29 is 14.3 Å². The predicted molar refractivity (Wildman–Crippen MR) is 119 cm³/mol. The molecule has 0 unspecified atom stereocenters. The van der Waals surface area contributed by atoms with Gasteiger partial charge in [0.15, 0.2) is 5.96 Å². The fourth-order valence-corrected chi connectivity index (χ4v) is 3.22. The van der Waals surface area contributed by atoms with Crippen molar-refractivity contribution in [2.75, 3.05) is 38.3 Å². The molecule has 1 fully saturated rings. The van der Waals surface area contributed by atoms with E-state index in [4.69, 9.17) is 9.47 Å². The first-order valence-corrected chi connectivity index (χ1v) is 10.4. The zero-order chi connectivity index (χ0) is 21.2. The number of benzene rings is 2. The van der Waals surface area contributed by atoms with Gasteiger partial charge in [-0.3, -0.25) is 4.79 Å². The minimum atomic E-state index is 0.205. The molecular weight excluding hydrogens is 380 g/mol. The summed E-state index contributed by atoms with van der Waals surface area (Å²) in [6, 6.07) is 15.6. The number of carbonyl (C=O) groups excluding carboxylic acids is 1. The maximum absolute atomic E-state index is 11.9. The number of anilines is 1. The Morgan fingerprint density at radius 1 is 1.07 bits per heavy atom. The van der Waals surface area contributed by atoms with Crippen molar-refractivity contribution in [1.82, 2.24) is 10.6 Å². The molecular formula is C23H30N4O3. The summed E-state index contributed by atoms with van der Waals surface area (Å²) in [6.45, 7) is 5.34. The van der Waals surface area contributed by atoms with Crippen LogP contribution in [0, 0.1) is 0 Å². The van der Waals surface area contributed by atoms with E-state index < -0.39 is 0 Å². The minimum absolute atomic E-state index is 0.205. The van der Waals surface area contributed by atoms with Crippen molar-refractivity contribution in [2.24, 2.45) is 4.99 Å². The summed E-state index contributed by atoms with van der Waals surface area (Å²) in [5, 5.41) is 6.52. The molecule has 1 saturated heterocycles. The quantitative estimate of drug-likeness (QED) is 0.378. The second-order valence-electron chi connectivity index (χ2n) is 6.96. The smallest absolute Gasteiger partial charge is 0.227 e. The third kappa shape index (κ3) is 6.14. The summed E-state index contributed by atoms with van der Waals surface area (Å²) in [6.07, 6.45) is 1.58. The largest absolute Gasteiger partial charge is 0.497 e. The van der Waals surface area contributed by atoms with Crippen LogP contribution in [0.3, 0.4) is 0 Å². The third-order valence-electron chi connectivity index (χ3n) is 4.81. The first-order valence-electron chi connectivity index (χ1n) is 10.4. The molecule has 0 aliphatic carbocycles. The molecule has 0 saturated carbocycles. The Balaban J connectivity index is 1.46. The van der Waals surface area contributed by atoms with Gasteiger partial charge in [-0.25, -0.2) is 4.99 Å². The van der Waals surface area contributed by atoms with Crippen LogP contribution >= 0.6 is 0 Å². The van der Waals surface area contributed by atoms with E-state index in [1.54, 1.807) is 7.11 Å². The standard InChI is InChI=1S/C23H30N4O3/c1-3-24-23(25-14-16-30-21-12-10-20(29-2)11-13-21)26-17-18-6-8-19(9-7-18)27-15-4-5-22(27)28/h6-13H,3-5,14-17H2,1-2H3,(H2,24,25,26). The van der Waals surface area contributed by atoms with E-state index in [0.717, 1.165) is 48.2 Å². The molecule has 3 rings (SSSR count). The summed E-state index contributed by atoms with van der Waals surface area (Å²) >= 11 is 0. The molecule has 2 N–H and O–H groups in total. The van der Waals surface area contributed by atoms with Crippen LogP contribution in [0.15, 0.2) is 53.5 Å². The van der Waals surface area contributed by atoms with Gasteiger partial charge in [0.05, 0.1) is 20.2 Å². The van der Waals surface area contributed by atoms with Crippen LogP contribution in [0.5, 0.6) is 11.5 Å². The van der Waals surface area contributed by atoms with E-state index in [2.05, 4.69) is 15.6 Å². The number of rotatable bonds is 9. The number of nitrogens with one attached hydrogen (secondary N) is 2. The Bertz CT molecular complexity index is 835. The second-order valence-corrected chi connectivity index (χ2v) is 6.96. The van der Waals surface area contributed by atoms with Gasteiger partial charge in [0.25, 0.3) is 0 Å². The number of amides is 1. The molecule has 30 heavy (non-hydrogen) atoms. The van der Waals surface area contributed by atoms with Crippen molar-refractivity contribution in [2.45, 2.75) is 26.3 Å². The van der Waals surface area contributed by atoms with Crippen molar-refractivity contribution >= 4 is 17.6 Å². The van der Waals surface area contributed by atoms with Crippen LogP contribution in [-0.2, 0) is 11.3 Å². The number of guanidine groups is 1. The maximum atomic E-state index is 11.9. The van der Waals surface area contributed by atoms with Gasteiger partial charge in [-0.2, -0.15) is 0 Å². The molecule has 0 spiro atoms. The van der Waals surface area contributed by atoms with Crippen molar-refractivity contribution in [3.05, 3.63) is 54.1 Å². The average molecular weight is 411 g/mol. The summed E-state index contributed by atoms with van der Waals surface area (Å²) in [7, 11) is 1.64. The molecule has 1 aliphatic rings. The molecule has 1 amide bonds. The molecule has 0 bridgehead atoms. The lowest BCUT2D eigenvalue weighted by Crippen LogP contribution is -2.39. The fourth-order valence-electron chi connectivity index (χ4n) is 3.22.